The molecule has 0 spiro atoms. The summed E-state index contributed by atoms with van der Waals surface area (Å²) in [5, 5.41) is 19.3. The molecule has 1 aromatic heterocycles. The molecule has 3 aliphatic rings. The van der Waals surface area contributed by atoms with Crippen molar-refractivity contribution >= 4 is 11.9 Å². The van der Waals surface area contributed by atoms with Gasteiger partial charge >= 0.3 is 5.97 Å². The van der Waals surface area contributed by atoms with Crippen molar-refractivity contribution in [2.75, 3.05) is 13.1 Å². The first-order chi connectivity index (χ1) is 12.1. The molecule has 1 aromatic rings. The Morgan fingerprint density at radius 2 is 2.12 bits per heavy atom. The van der Waals surface area contributed by atoms with Gasteiger partial charge in [-0.3, -0.25) is 19.6 Å². The van der Waals surface area contributed by atoms with Crippen molar-refractivity contribution in [2.45, 2.75) is 57.0 Å². The normalized spacial score (nSPS) is 28.3. The molecule has 7 heteroatoms. The summed E-state index contributed by atoms with van der Waals surface area (Å²) < 4.78 is 0. The number of rotatable bonds is 7. The average Bonchev–Trinajstić information content (AvgIpc) is 3.22. The number of fused-ring (bicyclic) bond motifs is 1. The summed E-state index contributed by atoms with van der Waals surface area (Å²) in [4.78, 5) is 25.7. The number of carbonyl (C=O) groups excluding carboxylic acids is 1. The van der Waals surface area contributed by atoms with Gasteiger partial charge in [-0.25, -0.2) is 0 Å². The maximum atomic E-state index is 12.5. The van der Waals surface area contributed by atoms with Crippen LogP contribution in [0.25, 0.3) is 0 Å². The summed E-state index contributed by atoms with van der Waals surface area (Å²) in [6.45, 7) is 1.01. The molecule has 2 fully saturated rings. The molecule has 3 aliphatic carbocycles. The number of aryl methyl sites for hydroxylation is 1. The standard InChI is InChI=1S/C18H26N4O3/c23-17(24)10-22(9-11-1-2-11)15-6-14(7-15)20-18(25)12-3-4-13-8-19-21-16(13)5-12/h8,11-12,14-15H,1-7,9-10H2,(H,19,21)(H,20,25)(H,23,24). The summed E-state index contributed by atoms with van der Waals surface area (Å²) >= 11 is 0. The Morgan fingerprint density at radius 3 is 2.84 bits per heavy atom. The van der Waals surface area contributed by atoms with Gasteiger partial charge < -0.3 is 10.4 Å². The van der Waals surface area contributed by atoms with Crippen molar-refractivity contribution in [1.29, 1.82) is 0 Å². The second kappa shape index (κ2) is 6.78. The van der Waals surface area contributed by atoms with Crippen molar-refractivity contribution in [3.8, 4) is 0 Å². The van der Waals surface area contributed by atoms with Crippen LogP contribution in [0.4, 0.5) is 0 Å². The largest absolute Gasteiger partial charge is 0.480 e. The van der Waals surface area contributed by atoms with E-state index in [2.05, 4.69) is 20.4 Å². The smallest absolute Gasteiger partial charge is 0.317 e. The van der Waals surface area contributed by atoms with Gasteiger partial charge in [-0.2, -0.15) is 5.10 Å². The zero-order chi connectivity index (χ0) is 17.4. The molecule has 3 N–H and O–H groups in total. The predicted molar refractivity (Wildman–Crippen MR) is 91.0 cm³/mol. The van der Waals surface area contributed by atoms with E-state index in [1.54, 1.807) is 0 Å². The van der Waals surface area contributed by atoms with Crippen molar-refractivity contribution in [1.82, 2.24) is 20.4 Å². The Balaban J connectivity index is 1.24. The van der Waals surface area contributed by atoms with Gasteiger partial charge in [-0.15, -0.1) is 0 Å². The third kappa shape index (κ3) is 3.86. The van der Waals surface area contributed by atoms with Crippen LogP contribution in [0.2, 0.25) is 0 Å². The number of amides is 1. The molecule has 0 aliphatic heterocycles. The number of aliphatic carboxylic acids is 1. The minimum absolute atomic E-state index is 0.0218. The van der Waals surface area contributed by atoms with Gasteiger partial charge in [0.1, 0.15) is 0 Å². The lowest BCUT2D eigenvalue weighted by atomic mass is 9.83. The monoisotopic (exact) mass is 346 g/mol. The molecule has 0 aromatic carbocycles. The number of carboxylic acid groups (broad SMARTS) is 1. The molecule has 0 saturated heterocycles. The highest BCUT2D eigenvalue weighted by atomic mass is 16.4. The summed E-state index contributed by atoms with van der Waals surface area (Å²) in [6.07, 6.45) is 8.56. The zero-order valence-corrected chi connectivity index (χ0v) is 14.4. The van der Waals surface area contributed by atoms with Crippen LogP contribution >= 0.6 is 0 Å². The number of nitrogens with zero attached hydrogens (tertiary/aromatic N) is 2. The fourth-order valence-electron chi connectivity index (χ4n) is 4.10. The van der Waals surface area contributed by atoms with E-state index in [9.17, 15) is 9.59 Å². The van der Waals surface area contributed by atoms with E-state index in [0.29, 0.717) is 12.0 Å². The van der Waals surface area contributed by atoms with E-state index >= 15 is 0 Å². The number of aromatic amines is 1. The molecule has 1 atom stereocenters. The van der Waals surface area contributed by atoms with Crippen LogP contribution < -0.4 is 5.32 Å². The van der Waals surface area contributed by atoms with Gasteiger partial charge in [0.25, 0.3) is 0 Å². The van der Waals surface area contributed by atoms with E-state index in [1.165, 1.54) is 18.4 Å². The molecular weight excluding hydrogens is 320 g/mol. The van der Waals surface area contributed by atoms with Gasteiger partial charge in [0.2, 0.25) is 5.91 Å². The van der Waals surface area contributed by atoms with E-state index in [0.717, 1.165) is 44.3 Å². The Hall–Kier alpha value is -1.89. The second-order valence-corrected chi connectivity index (χ2v) is 7.91. The molecule has 0 radical (unpaired) electrons. The molecule has 0 bridgehead atoms. The molecular formula is C18H26N4O3. The Bertz CT molecular complexity index is 649. The number of hydrogen-bond acceptors (Lipinski definition) is 4. The molecule has 1 heterocycles. The topological polar surface area (TPSA) is 98.3 Å². The van der Waals surface area contributed by atoms with E-state index in [1.807, 2.05) is 6.20 Å². The number of H-pyrrole nitrogens is 1. The summed E-state index contributed by atoms with van der Waals surface area (Å²) in [6, 6.07) is 0.490. The SMILES string of the molecule is O=C(O)CN(CC1CC1)C1CC(NC(=O)C2CCc3cn[nH]c3C2)C1. The summed E-state index contributed by atoms with van der Waals surface area (Å²) in [5.41, 5.74) is 2.33. The van der Waals surface area contributed by atoms with Gasteiger partial charge in [0.05, 0.1) is 12.7 Å². The van der Waals surface area contributed by atoms with Crippen LogP contribution in [0.3, 0.4) is 0 Å². The van der Waals surface area contributed by atoms with Gasteiger partial charge in [0.15, 0.2) is 0 Å². The number of carbonyl (C=O) groups is 2. The maximum absolute atomic E-state index is 12.5. The Morgan fingerprint density at radius 1 is 1.32 bits per heavy atom. The number of hydrogen-bond donors (Lipinski definition) is 3. The van der Waals surface area contributed by atoms with E-state index in [-0.39, 0.29) is 24.4 Å². The van der Waals surface area contributed by atoms with Crippen LogP contribution in [0.15, 0.2) is 6.20 Å². The molecule has 1 amide bonds. The third-order valence-electron chi connectivity index (χ3n) is 5.89. The highest BCUT2D eigenvalue weighted by molar-refractivity contribution is 5.79. The summed E-state index contributed by atoms with van der Waals surface area (Å²) in [7, 11) is 0. The average molecular weight is 346 g/mol. The lowest BCUT2D eigenvalue weighted by Crippen LogP contribution is -2.56. The predicted octanol–water partition coefficient (Wildman–Crippen LogP) is 0.958. The molecule has 4 rings (SSSR count). The fraction of sp³-hybridized carbons (Fsp3) is 0.722. The molecule has 1 unspecified atom stereocenters. The second-order valence-electron chi connectivity index (χ2n) is 7.91. The first-order valence-corrected chi connectivity index (χ1v) is 9.36. The molecule has 2 saturated carbocycles. The highest BCUT2D eigenvalue weighted by Gasteiger charge is 2.38. The van der Waals surface area contributed by atoms with Crippen molar-refractivity contribution in [3.63, 3.8) is 0 Å². The van der Waals surface area contributed by atoms with Crippen molar-refractivity contribution in [2.24, 2.45) is 11.8 Å². The Kier molecular flexibility index (Phi) is 4.50. The molecule has 136 valence electrons. The lowest BCUT2D eigenvalue weighted by molar-refractivity contribution is -0.140. The van der Waals surface area contributed by atoms with Crippen LogP contribution in [-0.2, 0) is 22.4 Å². The third-order valence-corrected chi connectivity index (χ3v) is 5.89. The van der Waals surface area contributed by atoms with E-state index in [4.69, 9.17) is 5.11 Å². The number of aromatic nitrogens is 2. The Labute approximate surface area is 147 Å². The molecule has 7 nitrogen and oxygen atoms in total. The number of carboxylic acids is 1. The van der Waals surface area contributed by atoms with Crippen LogP contribution in [0.1, 0.15) is 43.4 Å². The maximum Gasteiger partial charge on any atom is 0.317 e. The first kappa shape index (κ1) is 16.6. The van der Waals surface area contributed by atoms with Gasteiger partial charge in [-0.1, -0.05) is 0 Å². The van der Waals surface area contributed by atoms with Crippen LogP contribution in [0, 0.1) is 11.8 Å². The van der Waals surface area contributed by atoms with Gasteiger partial charge in [0, 0.05) is 36.7 Å². The fourth-order valence-corrected chi connectivity index (χ4v) is 4.10. The first-order valence-electron chi connectivity index (χ1n) is 9.36. The minimum Gasteiger partial charge on any atom is -0.480 e. The van der Waals surface area contributed by atoms with Crippen LogP contribution in [0.5, 0.6) is 0 Å². The number of nitrogens with one attached hydrogen (secondary N) is 2. The minimum atomic E-state index is -0.759. The lowest BCUT2D eigenvalue weighted by Gasteiger charge is -2.43. The van der Waals surface area contributed by atoms with Crippen molar-refractivity contribution in [3.05, 3.63) is 17.5 Å². The quantitative estimate of drug-likeness (QED) is 0.683. The molecule has 25 heavy (non-hydrogen) atoms. The highest BCUT2D eigenvalue weighted by Crippen LogP contribution is 2.34. The summed E-state index contributed by atoms with van der Waals surface area (Å²) in [5.74, 6) is 0.0776. The zero-order valence-electron chi connectivity index (χ0n) is 14.4. The van der Waals surface area contributed by atoms with Gasteiger partial charge in [-0.05, 0) is 50.0 Å². The van der Waals surface area contributed by atoms with E-state index < -0.39 is 5.97 Å². The van der Waals surface area contributed by atoms with Crippen LogP contribution in [-0.4, -0.2) is 57.3 Å². The van der Waals surface area contributed by atoms with Crippen molar-refractivity contribution < 1.29 is 14.7 Å².